The minimum atomic E-state index is -0.467. The summed E-state index contributed by atoms with van der Waals surface area (Å²) in [5.74, 6) is 1.21. The van der Waals surface area contributed by atoms with Gasteiger partial charge in [0.2, 0.25) is 5.95 Å². The Hall–Kier alpha value is -4.22. The number of aromatic nitrogens is 3. The van der Waals surface area contributed by atoms with Crippen molar-refractivity contribution in [3.05, 3.63) is 60.0 Å². The highest BCUT2D eigenvalue weighted by Gasteiger charge is 2.22. The van der Waals surface area contributed by atoms with Crippen LogP contribution < -0.4 is 20.1 Å². The maximum atomic E-state index is 15.0. The van der Waals surface area contributed by atoms with Crippen molar-refractivity contribution < 1.29 is 23.4 Å². The molecule has 10 nitrogen and oxygen atoms in total. The number of nitrogens with one attached hydrogen (secondary N) is 2. The highest BCUT2D eigenvalue weighted by atomic mass is 19.1. The zero-order chi connectivity index (χ0) is 28.8. The van der Waals surface area contributed by atoms with Crippen LogP contribution in [-0.4, -0.2) is 71.0 Å². The number of oxazole rings is 1. The van der Waals surface area contributed by atoms with E-state index in [1.165, 1.54) is 6.07 Å². The summed E-state index contributed by atoms with van der Waals surface area (Å²) in [6.45, 7) is 7.02. The molecular weight excluding hydrogens is 527 g/mol. The summed E-state index contributed by atoms with van der Waals surface area (Å²) in [6.07, 6.45) is 3.12. The molecule has 0 unspecified atom stereocenters. The lowest BCUT2D eigenvalue weighted by Crippen LogP contribution is -2.39. The van der Waals surface area contributed by atoms with Crippen LogP contribution in [0.1, 0.15) is 25.3 Å². The highest BCUT2D eigenvalue weighted by Crippen LogP contribution is 2.36. The van der Waals surface area contributed by atoms with E-state index in [1.807, 2.05) is 32.0 Å². The van der Waals surface area contributed by atoms with Gasteiger partial charge in [0.1, 0.15) is 23.2 Å². The van der Waals surface area contributed by atoms with Gasteiger partial charge in [-0.1, -0.05) is 0 Å². The largest absolute Gasteiger partial charge is 0.497 e. The molecule has 0 saturated carbocycles. The number of likely N-dealkylation sites (tertiary alicyclic amines) is 1. The molecule has 2 aromatic heterocycles. The van der Waals surface area contributed by atoms with Gasteiger partial charge in [0.05, 0.1) is 13.7 Å². The first-order chi connectivity index (χ1) is 19.9. The summed E-state index contributed by atoms with van der Waals surface area (Å²) >= 11 is 0. The molecule has 5 rings (SSSR count). The van der Waals surface area contributed by atoms with E-state index >= 15 is 0 Å². The van der Waals surface area contributed by atoms with E-state index in [-0.39, 0.29) is 24.4 Å². The lowest BCUT2D eigenvalue weighted by atomic mass is 10.1. The van der Waals surface area contributed by atoms with E-state index in [1.54, 1.807) is 31.5 Å². The summed E-state index contributed by atoms with van der Waals surface area (Å²) in [7, 11) is 1.62. The Balaban J connectivity index is 1.34. The number of ether oxygens (including phenoxy) is 2. The van der Waals surface area contributed by atoms with E-state index < -0.39 is 5.82 Å². The van der Waals surface area contributed by atoms with Crippen LogP contribution in [0.25, 0.3) is 22.7 Å². The first-order valence-corrected chi connectivity index (χ1v) is 13.8. The van der Waals surface area contributed by atoms with Crippen LogP contribution in [0.5, 0.6) is 11.5 Å². The standard InChI is InChI=1S/C30H35FN6O4/c1-4-32-30-36-27(20-15-19(2)16-23(17-20)39-3)28(41-30)25-7-10-33-29(35-25)34-21-5-6-26(24(31)18-21)40-22-8-11-37(12-9-22)13-14-38/h5-7,10,15-18,22,38H,4,8-9,11-14H2,1-3H3,(H,32,36)(H,33,34,35). The Kier molecular flexibility index (Phi) is 8.95. The average Bonchev–Trinajstić information content (AvgIpc) is 3.40. The van der Waals surface area contributed by atoms with Crippen molar-refractivity contribution in [1.82, 2.24) is 19.9 Å². The number of hydrogen-bond acceptors (Lipinski definition) is 10. The number of hydrogen-bond donors (Lipinski definition) is 3. The van der Waals surface area contributed by atoms with Gasteiger partial charge in [0.25, 0.3) is 6.01 Å². The molecule has 0 radical (unpaired) electrons. The third-order valence-electron chi connectivity index (χ3n) is 6.84. The van der Waals surface area contributed by atoms with Crippen molar-refractivity contribution in [2.45, 2.75) is 32.8 Å². The monoisotopic (exact) mass is 562 g/mol. The third kappa shape index (κ3) is 6.93. The Morgan fingerprint density at radius 1 is 1.12 bits per heavy atom. The zero-order valence-corrected chi connectivity index (χ0v) is 23.5. The number of piperidine rings is 1. The number of anilines is 3. The molecule has 1 saturated heterocycles. The summed E-state index contributed by atoms with van der Waals surface area (Å²) in [5.41, 5.74) is 3.46. The number of methoxy groups -OCH3 is 1. The fourth-order valence-corrected chi connectivity index (χ4v) is 4.84. The Bertz CT molecular complexity index is 1470. The molecule has 2 aromatic carbocycles. The number of β-amino-alcohol motifs (C(OH)–C–C–N with tert-alkyl or cyclic N) is 1. The lowest BCUT2D eigenvalue weighted by Gasteiger charge is -2.31. The minimum absolute atomic E-state index is 0.0603. The normalized spacial score (nSPS) is 14.2. The number of halogens is 1. The zero-order valence-electron chi connectivity index (χ0n) is 23.5. The third-order valence-corrected chi connectivity index (χ3v) is 6.84. The minimum Gasteiger partial charge on any atom is -0.497 e. The number of aryl methyl sites for hydroxylation is 1. The molecule has 11 heteroatoms. The molecule has 1 aliphatic rings. The second-order valence-corrected chi connectivity index (χ2v) is 9.88. The number of rotatable bonds is 11. The topological polar surface area (TPSA) is 118 Å². The molecule has 0 atom stereocenters. The lowest BCUT2D eigenvalue weighted by molar-refractivity contribution is 0.0862. The predicted molar refractivity (Wildman–Crippen MR) is 155 cm³/mol. The Labute approximate surface area is 238 Å². The molecule has 4 aromatic rings. The summed E-state index contributed by atoms with van der Waals surface area (Å²) in [6, 6.07) is 12.7. The first kappa shape index (κ1) is 28.3. The molecule has 0 bridgehead atoms. The van der Waals surface area contributed by atoms with Crippen LogP contribution in [0.2, 0.25) is 0 Å². The number of benzene rings is 2. The quantitative estimate of drug-likeness (QED) is 0.223. The summed E-state index contributed by atoms with van der Waals surface area (Å²) in [5, 5.41) is 15.3. The Morgan fingerprint density at radius 2 is 1.95 bits per heavy atom. The molecule has 1 aliphatic heterocycles. The Morgan fingerprint density at radius 3 is 2.68 bits per heavy atom. The van der Waals surface area contributed by atoms with Crippen molar-refractivity contribution in [2.75, 3.05) is 50.5 Å². The molecule has 3 N–H and O–H groups in total. The molecule has 3 heterocycles. The van der Waals surface area contributed by atoms with Gasteiger partial charge in [-0.05, 0) is 68.7 Å². The summed E-state index contributed by atoms with van der Waals surface area (Å²) < 4.78 is 32.4. The van der Waals surface area contributed by atoms with Crippen molar-refractivity contribution in [1.29, 1.82) is 0 Å². The number of aliphatic hydroxyl groups is 1. The SMILES string of the molecule is CCNc1nc(-c2cc(C)cc(OC)c2)c(-c2ccnc(Nc3ccc(OC4CCN(CCO)CC4)c(F)c3)n2)o1. The molecule has 0 amide bonds. The van der Waals surface area contributed by atoms with Crippen molar-refractivity contribution in [3.8, 4) is 34.2 Å². The first-order valence-electron chi connectivity index (χ1n) is 13.8. The van der Waals surface area contributed by atoms with Gasteiger partial charge in [0, 0.05) is 49.7 Å². The van der Waals surface area contributed by atoms with E-state index in [2.05, 4.69) is 30.5 Å². The van der Waals surface area contributed by atoms with Crippen LogP contribution in [0, 0.1) is 12.7 Å². The molecule has 41 heavy (non-hydrogen) atoms. The number of nitrogens with zero attached hydrogens (tertiary/aromatic N) is 4. The van der Waals surface area contributed by atoms with Crippen LogP contribution in [-0.2, 0) is 0 Å². The van der Waals surface area contributed by atoms with Gasteiger partial charge in [-0.25, -0.2) is 14.4 Å². The van der Waals surface area contributed by atoms with Gasteiger partial charge in [-0.2, -0.15) is 4.98 Å². The molecule has 216 valence electrons. The van der Waals surface area contributed by atoms with Crippen LogP contribution >= 0.6 is 0 Å². The molecule has 1 fully saturated rings. The van der Waals surface area contributed by atoms with E-state index in [4.69, 9.17) is 19.0 Å². The van der Waals surface area contributed by atoms with E-state index in [0.29, 0.717) is 47.7 Å². The van der Waals surface area contributed by atoms with E-state index in [0.717, 1.165) is 37.1 Å². The van der Waals surface area contributed by atoms with E-state index in [9.17, 15) is 4.39 Å². The van der Waals surface area contributed by atoms with Crippen molar-refractivity contribution in [3.63, 3.8) is 0 Å². The van der Waals surface area contributed by atoms with Gasteiger partial charge in [-0.3, -0.25) is 0 Å². The highest BCUT2D eigenvalue weighted by molar-refractivity contribution is 5.78. The van der Waals surface area contributed by atoms with Crippen molar-refractivity contribution in [2.24, 2.45) is 0 Å². The fraction of sp³-hybridized carbons (Fsp3) is 0.367. The van der Waals surface area contributed by atoms with Gasteiger partial charge in [0.15, 0.2) is 17.3 Å². The predicted octanol–water partition coefficient (Wildman–Crippen LogP) is 5.27. The second-order valence-electron chi connectivity index (χ2n) is 9.88. The molecular formula is C30H35FN6O4. The summed E-state index contributed by atoms with van der Waals surface area (Å²) in [4.78, 5) is 15.8. The smallest absolute Gasteiger partial charge is 0.295 e. The van der Waals surface area contributed by atoms with Gasteiger partial charge in [-0.15, -0.1) is 0 Å². The van der Waals surface area contributed by atoms with Crippen LogP contribution in [0.4, 0.5) is 22.0 Å². The fourth-order valence-electron chi connectivity index (χ4n) is 4.84. The number of aliphatic hydroxyl groups excluding tert-OH is 1. The van der Waals surface area contributed by atoms with Gasteiger partial charge < -0.3 is 34.5 Å². The second kappa shape index (κ2) is 13.0. The van der Waals surface area contributed by atoms with Crippen LogP contribution in [0.3, 0.4) is 0 Å². The maximum Gasteiger partial charge on any atom is 0.295 e. The maximum absolute atomic E-state index is 15.0. The van der Waals surface area contributed by atoms with Gasteiger partial charge >= 0.3 is 0 Å². The molecule has 0 aliphatic carbocycles. The average molecular weight is 563 g/mol. The molecule has 0 spiro atoms. The van der Waals surface area contributed by atoms with Crippen molar-refractivity contribution >= 4 is 17.7 Å². The van der Waals surface area contributed by atoms with Crippen LogP contribution in [0.15, 0.2) is 53.1 Å².